The van der Waals surface area contributed by atoms with Gasteiger partial charge in [-0.3, -0.25) is 13.9 Å². The molecule has 0 N–H and O–H groups in total. The number of para-hydroxylation sites is 2. The molecule has 5 rings (SSSR count). The Morgan fingerprint density at radius 2 is 1.60 bits per heavy atom. The van der Waals surface area contributed by atoms with E-state index in [4.69, 9.17) is 15.0 Å². The summed E-state index contributed by atoms with van der Waals surface area (Å²) in [6.45, 7) is 8.74. The lowest BCUT2D eigenvalue weighted by molar-refractivity contribution is 0.624. The van der Waals surface area contributed by atoms with Gasteiger partial charge in [0.05, 0.1) is 11.0 Å². The van der Waals surface area contributed by atoms with Crippen LogP contribution in [0.1, 0.15) is 30.3 Å². The van der Waals surface area contributed by atoms with Crippen LogP contribution in [0.2, 0.25) is 0 Å². The molecule has 150 valence electrons. The van der Waals surface area contributed by atoms with Gasteiger partial charge in [-0.1, -0.05) is 25.1 Å². The normalized spacial score (nSPS) is 11.7. The lowest BCUT2D eigenvalue weighted by Gasteiger charge is -2.11. The van der Waals surface area contributed by atoms with Crippen molar-refractivity contribution in [3.63, 3.8) is 0 Å². The highest BCUT2D eigenvalue weighted by Gasteiger charge is 2.22. The van der Waals surface area contributed by atoms with Gasteiger partial charge in [-0.05, 0) is 62.6 Å². The number of fused-ring (bicyclic) bond motifs is 4. The maximum Gasteiger partial charge on any atom is 0.265 e. The van der Waals surface area contributed by atoms with E-state index in [1.165, 1.54) is 11.1 Å². The van der Waals surface area contributed by atoms with Crippen LogP contribution in [-0.4, -0.2) is 24.1 Å². The van der Waals surface area contributed by atoms with Crippen LogP contribution in [0.3, 0.4) is 0 Å². The van der Waals surface area contributed by atoms with Gasteiger partial charge in [0, 0.05) is 12.2 Å². The largest absolute Gasteiger partial charge is 0.296 e. The number of aryl methyl sites for hydroxylation is 3. The fourth-order valence-electron chi connectivity index (χ4n) is 4.03. The summed E-state index contributed by atoms with van der Waals surface area (Å²) in [5.41, 5.74) is 6.69. The molecule has 0 saturated carbocycles. The van der Waals surface area contributed by atoms with Gasteiger partial charge < -0.3 is 0 Å². The molecule has 0 aliphatic heterocycles. The first-order valence-corrected chi connectivity index (χ1v) is 10.3. The van der Waals surface area contributed by atoms with E-state index in [2.05, 4.69) is 32.9 Å². The number of benzene rings is 2. The van der Waals surface area contributed by atoms with Gasteiger partial charge in [0.25, 0.3) is 5.56 Å². The minimum absolute atomic E-state index is 0.0588. The van der Waals surface area contributed by atoms with Crippen molar-refractivity contribution >= 4 is 33.2 Å². The molecule has 5 aromatic rings. The third-order valence-corrected chi connectivity index (χ3v) is 5.75. The number of nitrogens with zero attached hydrogens (tertiary/aromatic N) is 5. The second kappa shape index (κ2) is 6.76. The standard InChI is InChI=1S/C24H23N5O/c1-5-12-28-16(4)25-22-20(24(28)30)21-23(27-19-9-7-6-8-18(19)26-21)29(22)17-11-10-14(2)15(3)13-17/h6-11,13H,5,12H2,1-4H3. The fourth-order valence-corrected chi connectivity index (χ4v) is 4.03. The van der Waals surface area contributed by atoms with Gasteiger partial charge in [0.2, 0.25) is 0 Å². The SMILES string of the molecule is CCCn1c(C)nc2c(c1=O)c1nc3ccccc3nc1n2-c1ccc(C)c(C)c1. The summed E-state index contributed by atoms with van der Waals surface area (Å²) >= 11 is 0. The Morgan fingerprint density at radius 1 is 0.867 bits per heavy atom. The second-order valence-electron chi connectivity index (χ2n) is 7.80. The number of rotatable bonds is 3. The topological polar surface area (TPSA) is 65.6 Å². The number of hydrogen-bond donors (Lipinski definition) is 0. The fraction of sp³-hybridized carbons (Fsp3) is 0.250. The molecule has 0 bridgehead atoms. The predicted molar refractivity (Wildman–Crippen MR) is 120 cm³/mol. The van der Waals surface area contributed by atoms with Crippen molar-refractivity contribution in [3.05, 3.63) is 69.8 Å². The van der Waals surface area contributed by atoms with Crippen LogP contribution < -0.4 is 5.56 Å². The Balaban J connectivity index is 2.01. The molecule has 2 aromatic carbocycles. The summed E-state index contributed by atoms with van der Waals surface area (Å²) < 4.78 is 3.71. The van der Waals surface area contributed by atoms with Crippen molar-refractivity contribution in [1.29, 1.82) is 0 Å². The van der Waals surface area contributed by atoms with Gasteiger partial charge in [-0.25, -0.2) is 15.0 Å². The Morgan fingerprint density at radius 3 is 2.30 bits per heavy atom. The summed E-state index contributed by atoms with van der Waals surface area (Å²) in [5, 5.41) is 0.528. The minimum Gasteiger partial charge on any atom is -0.296 e. The molecule has 3 aromatic heterocycles. The lowest BCUT2D eigenvalue weighted by atomic mass is 10.1. The average molecular weight is 397 g/mol. The summed E-state index contributed by atoms with van der Waals surface area (Å²) in [6.07, 6.45) is 0.859. The average Bonchev–Trinajstić information content (AvgIpc) is 3.04. The van der Waals surface area contributed by atoms with E-state index in [9.17, 15) is 4.79 Å². The van der Waals surface area contributed by atoms with E-state index in [0.29, 0.717) is 34.6 Å². The first-order chi connectivity index (χ1) is 14.5. The Bertz CT molecular complexity index is 1510. The van der Waals surface area contributed by atoms with E-state index in [1.807, 2.05) is 41.8 Å². The van der Waals surface area contributed by atoms with Crippen molar-refractivity contribution in [3.8, 4) is 5.69 Å². The van der Waals surface area contributed by atoms with Gasteiger partial charge in [-0.15, -0.1) is 0 Å². The smallest absolute Gasteiger partial charge is 0.265 e. The Labute approximate surface area is 173 Å². The monoisotopic (exact) mass is 397 g/mol. The number of hydrogen-bond acceptors (Lipinski definition) is 4. The first-order valence-electron chi connectivity index (χ1n) is 10.3. The Hall–Kier alpha value is -3.54. The second-order valence-corrected chi connectivity index (χ2v) is 7.80. The third-order valence-electron chi connectivity index (χ3n) is 5.75. The zero-order valence-electron chi connectivity index (χ0n) is 17.6. The molecule has 6 nitrogen and oxygen atoms in total. The molecule has 0 radical (unpaired) electrons. The summed E-state index contributed by atoms with van der Waals surface area (Å²) in [4.78, 5) is 28.1. The minimum atomic E-state index is -0.0588. The molecule has 6 heteroatoms. The van der Waals surface area contributed by atoms with Crippen LogP contribution >= 0.6 is 0 Å². The van der Waals surface area contributed by atoms with Crippen molar-refractivity contribution in [1.82, 2.24) is 24.1 Å². The highest BCUT2D eigenvalue weighted by atomic mass is 16.1. The van der Waals surface area contributed by atoms with Crippen LogP contribution in [-0.2, 0) is 6.54 Å². The van der Waals surface area contributed by atoms with Crippen LogP contribution in [0.15, 0.2) is 47.3 Å². The van der Waals surface area contributed by atoms with E-state index in [0.717, 1.165) is 23.1 Å². The quantitative estimate of drug-likeness (QED) is 0.446. The zero-order chi connectivity index (χ0) is 21.0. The van der Waals surface area contributed by atoms with Crippen molar-refractivity contribution in [2.24, 2.45) is 0 Å². The maximum absolute atomic E-state index is 13.5. The Kier molecular flexibility index (Phi) is 4.17. The number of aromatic nitrogens is 5. The molecule has 0 saturated heterocycles. The highest BCUT2D eigenvalue weighted by molar-refractivity contribution is 6.05. The highest BCUT2D eigenvalue weighted by Crippen LogP contribution is 2.29. The zero-order valence-corrected chi connectivity index (χ0v) is 17.6. The molecule has 0 atom stereocenters. The molecular formula is C24H23N5O. The third kappa shape index (κ3) is 2.64. The van der Waals surface area contributed by atoms with Gasteiger partial charge in [0.15, 0.2) is 11.3 Å². The molecule has 30 heavy (non-hydrogen) atoms. The van der Waals surface area contributed by atoms with Crippen LogP contribution in [0, 0.1) is 20.8 Å². The lowest BCUT2D eigenvalue weighted by Crippen LogP contribution is -2.24. The van der Waals surface area contributed by atoms with Crippen LogP contribution in [0.4, 0.5) is 0 Å². The summed E-state index contributed by atoms with van der Waals surface area (Å²) in [6, 6.07) is 14.0. The van der Waals surface area contributed by atoms with Gasteiger partial charge in [0.1, 0.15) is 16.7 Å². The predicted octanol–water partition coefficient (Wildman–Crippen LogP) is 4.62. The molecule has 3 heterocycles. The van der Waals surface area contributed by atoms with E-state index >= 15 is 0 Å². The molecular weight excluding hydrogens is 374 g/mol. The van der Waals surface area contributed by atoms with Crippen LogP contribution in [0.25, 0.3) is 38.9 Å². The molecule has 0 aliphatic carbocycles. The molecule has 0 fully saturated rings. The molecule has 0 amide bonds. The summed E-state index contributed by atoms with van der Waals surface area (Å²) in [5.74, 6) is 0.701. The van der Waals surface area contributed by atoms with Crippen molar-refractivity contribution in [2.45, 2.75) is 40.7 Å². The first kappa shape index (κ1) is 18.5. The van der Waals surface area contributed by atoms with Gasteiger partial charge in [-0.2, -0.15) is 0 Å². The summed E-state index contributed by atoms with van der Waals surface area (Å²) in [7, 11) is 0. The van der Waals surface area contributed by atoms with Crippen LogP contribution in [0.5, 0.6) is 0 Å². The molecule has 0 aliphatic rings. The van der Waals surface area contributed by atoms with E-state index < -0.39 is 0 Å². The molecule has 0 unspecified atom stereocenters. The van der Waals surface area contributed by atoms with Crippen molar-refractivity contribution in [2.75, 3.05) is 0 Å². The van der Waals surface area contributed by atoms with E-state index in [-0.39, 0.29) is 5.56 Å². The molecule has 0 spiro atoms. The van der Waals surface area contributed by atoms with Crippen molar-refractivity contribution < 1.29 is 0 Å². The maximum atomic E-state index is 13.5. The van der Waals surface area contributed by atoms with Gasteiger partial charge >= 0.3 is 0 Å². The van der Waals surface area contributed by atoms with E-state index in [1.54, 1.807) is 4.57 Å².